The molecule has 0 spiro atoms. The SMILES string of the molecule is Cc1cc(C(C)(C)C)cc(Cc2cc(C(C)(C)C)cc(C)c2OCCCN)c1OCCCN. The van der Waals surface area contributed by atoms with E-state index in [-0.39, 0.29) is 10.8 Å². The summed E-state index contributed by atoms with van der Waals surface area (Å²) in [5.41, 5.74) is 18.9. The number of nitrogens with two attached hydrogens (primary N) is 2. The monoisotopic (exact) mass is 454 g/mol. The molecule has 33 heavy (non-hydrogen) atoms. The Morgan fingerprint density at radius 2 is 1.00 bits per heavy atom. The molecule has 184 valence electrons. The fourth-order valence-corrected chi connectivity index (χ4v) is 3.96. The minimum absolute atomic E-state index is 0.0545. The first-order chi connectivity index (χ1) is 15.4. The van der Waals surface area contributed by atoms with Gasteiger partial charge in [0.15, 0.2) is 0 Å². The van der Waals surface area contributed by atoms with Crippen LogP contribution in [0.5, 0.6) is 11.5 Å². The van der Waals surface area contributed by atoms with Gasteiger partial charge in [-0.15, -0.1) is 0 Å². The number of aryl methyl sites for hydroxylation is 2. The van der Waals surface area contributed by atoms with Crippen LogP contribution in [0.15, 0.2) is 24.3 Å². The topological polar surface area (TPSA) is 70.5 Å². The Labute approximate surface area is 202 Å². The molecule has 0 aliphatic heterocycles. The van der Waals surface area contributed by atoms with Gasteiger partial charge in [-0.3, -0.25) is 0 Å². The third kappa shape index (κ3) is 7.48. The lowest BCUT2D eigenvalue weighted by Gasteiger charge is -2.26. The summed E-state index contributed by atoms with van der Waals surface area (Å²) >= 11 is 0. The zero-order chi connectivity index (χ0) is 24.8. The zero-order valence-electron chi connectivity index (χ0n) is 22.2. The molecule has 2 rings (SSSR count). The lowest BCUT2D eigenvalue weighted by molar-refractivity contribution is 0.305. The van der Waals surface area contributed by atoms with Gasteiger partial charge in [-0.05, 0) is 84.0 Å². The average molecular weight is 455 g/mol. The summed E-state index contributed by atoms with van der Waals surface area (Å²) in [4.78, 5) is 0. The molecule has 0 heterocycles. The van der Waals surface area contributed by atoms with Crippen LogP contribution in [-0.4, -0.2) is 26.3 Å². The van der Waals surface area contributed by atoms with Gasteiger partial charge in [-0.25, -0.2) is 0 Å². The molecule has 0 saturated heterocycles. The first kappa shape index (κ1) is 27.2. The predicted octanol–water partition coefficient (Wildman–Crippen LogP) is 5.94. The van der Waals surface area contributed by atoms with Crippen molar-refractivity contribution in [3.8, 4) is 11.5 Å². The van der Waals surface area contributed by atoms with Crippen molar-refractivity contribution in [2.24, 2.45) is 11.5 Å². The summed E-state index contributed by atoms with van der Waals surface area (Å²) in [6.45, 7) is 20.3. The summed E-state index contributed by atoms with van der Waals surface area (Å²) in [6.07, 6.45) is 2.43. The van der Waals surface area contributed by atoms with Crippen molar-refractivity contribution in [2.75, 3.05) is 26.3 Å². The smallest absolute Gasteiger partial charge is 0.125 e. The molecule has 0 fully saturated rings. The van der Waals surface area contributed by atoms with E-state index in [0.717, 1.165) is 30.8 Å². The van der Waals surface area contributed by atoms with Crippen molar-refractivity contribution >= 4 is 0 Å². The van der Waals surface area contributed by atoms with Gasteiger partial charge in [-0.1, -0.05) is 65.8 Å². The zero-order valence-corrected chi connectivity index (χ0v) is 22.2. The Morgan fingerprint density at radius 1 is 0.636 bits per heavy atom. The highest BCUT2D eigenvalue weighted by Gasteiger charge is 2.22. The molecular formula is C29H46N2O2. The lowest BCUT2D eigenvalue weighted by Crippen LogP contribution is -2.15. The molecule has 0 atom stereocenters. The van der Waals surface area contributed by atoms with Crippen molar-refractivity contribution in [1.29, 1.82) is 0 Å². The quantitative estimate of drug-likeness (QED) is 0.436. The molecule has 0 saturated carbocycles. The van der Waals surface area contributed by atoms with Gasteiger partial charge in [0.25, 0.3) is 0 Å². The van der Waals surface area contributed by atoms with Gasteiger partial charge in [0.2, 0.25) is 0 Å². The van der Waals surface area contributed by atoms with E-state index in [1.165, 1.54) is 33.4 Å². The van der Waals surface area contributed by atoms with Gasteiger partial charge in [0, 0.05) is 6.42 Å². The van der Waals surface area contributed by atoms with E-state index in [9.17, 15) is 0 Å². The van der Waals surface area contributed by atoms with Crippen LogP contribution in [0.2, 0.25) is 0 Å². The molecule has 0 aliphatic rings. The lowest BCUT2D eigenvalue weighted by atomic mass is 9.82. The van der Waals surface area contributed by atoms with Crippen LogP contribution in [0.25, 0.3) is 0 Å². The van der Waals surface area contributed by atoms with Gasteiger partial charge in [0.05, 0.1) is 13.2 Å². The first-order valence-corrected chi connectivity index (χ1v) is 12.3. The van der Waals surface area contributed by atoms with E-state index < -0.39 is 0 Å². The summed E-state index contributed by atoms with van der Waals surface area (Å²) in [6, 6.07) is 9.15. The molecule has 0 unspecified atom stereocenters. The van der Waals surface area contributed by atoms with Gasteiger partial charge < -0.3 is 20.9 Å². The van der Waals surface area contributed by atoms with Crippen LogP contribution >= 0.6 is 0 Å². The molecule has 2 aromatic carbocycles. The van der Waals surface area contributed by atoms with Crippen LogP contribution in [-0.2, 0) is 17.3 Å². The van der Waals surface area contributed by atoms with Crippen molar-refractivity contribution < 1.29 is 9.47 Å². The minimum Gasteiger partial charge on any atom is -0.493 e. The second-order valence-corrected chi connectivity index (χ2v) is 11.2. The van der Waals surface area contributed by atoms with Gasteiger partial charge in [0.1, 0.15) is 11.5 Å². The molecule has 2 aromatic rings. The second kappa shape index (κ2) is 11.4. The van der Waals surface area contributed by atoms with E-state index >= 15 is 0 Å². The Balaban J connectivity index is 2.62. The fourth-order valence-electron chi connectivity index (χ4n) is 3.96. The van der Waals surface area contributed by atoms with Crippen LogP contribution in [0.1, 0.15) is 87.8 Å². The van der Waals surface area contributed by atoms with Crippen LogP contribution < -0.4 is 20.9 Å². The standard InChI is InChI=1S/C29H46N2O2/c1-20-15-24(28(3,4)5)18-22(26(20)32-13-9-11-30)17-23-19-25(29(6,7)8)16-21(2)27(23)33-14-10-12-31/h15-16,18-19H,9-14,17,30-31H2,1-8H3. The maximum atomic E-state index is 6.28. The van der Waals surface area contributed by atoms with Crippen molar-refractivity contribution in [2.45, 2.75) is 85.5 Å². The number of hydrogen-bond donors (Lipinski definition) is 2. The Morgan fingerprint density at radius 3 is 1.30 bits per heavy atom. The maximum Gasteiger partial charge on any atom is 0.125 e. The highest BCUT2D eigenvalue weighted by molar-refractivity contribution is 5.52. The molecule has 0 aliphatic carbocycles. The molecule has 0 amide bonds. The Hall–Kier alpha value is -2.04. The summed E-state index contributed by atoms with van der Waals surface area (Å²) in [7, 11) is 0. The van der Waals surface area contributed by atoms with E-state index in [4.69, 9.17) is 20.9 Å². The molecule has 0 aromatic heterocycles. The van der Waals surface area contributed by atoms with Crippen molar-refractivity contribution in [3.05, 3.63) is 57.6 Å². The summed E-state index contributed by atoms with van der Waals surface area (Å²) in [5.74, 6) is 1.95. The molecule has 0 bridgehead atoms. The van der Waals surface area contributed by atoms with Crippen molar-refractivity contribution in [3.63, 3.8) is 0 Å². The minimum atomic E-state index is 0.0545. The third-order valence-electron chi connectivity index (χ3n) is 6.01. The van der Waals surface area contributed by atoms with E-state index in [2.05, 4.69) is 79.7 Å². The fraction of sp³-hybridized carbons (Fsp3) is 0.586. The molecular weight excluding hydrogens is 408 g/mol. The number of ether oxygens (including phenoxy) is 2. The van der Waals surface area contributed by atoms with Gasteiger partial charge >= 0.3 is 0 Å². The number of benzene rings is 2. The van der Waals surface area contributed by atoms with Gasteiger partial charge in [-0.2, -0.15) is 0 Å². The maximum absolute atomic E-state index is 6.28. The van der Waals surface area contributed by atoms with Crippen LogP contribution in [0.4, 0.5) is 0 Å². The molecule has 4 nitrogen and oxygen atoms in total. The van der Waals surface area contributed by atoms with Crippen LogP contribution in [0, 0.1) is 13.8 Å². The van der Waals surface area contributed by atoms with E-state index in [1.807, 2.05) is 0 Å². The number of rotatable bonds is 10. The van der Waals surface area contributed by atoms with E-state index in [1.54, 1.807) is 0 Å². The third-order valence-corrected chi connectivity index (χ3v) is 6.01. The predicted molar refractivity (Wildman–Crippen MR) is 141 cm³/mol. The second-order valence-electron chi connectivity index (χ2n) is 11.2. The Bertz CT molecular complexity index is 845. The number of hydrogen-bond acceptors (Lipinski definition) is 4. The van der Waals surface area contributed by atoms with Crippen molar-refractivity contribution in [1.82, 2.24) is 0 Å². The molecule has 0 radical (unpaired) electrons. The highest BCUT2D eigenvalue weighted by Crippen LogP contribution is 2.37. The van der Waals surface area contributed by atoms with Crippen LogP contribution in [0.3, 0.4) is 0 Å². The molecule has 4 heteroatoms. The highest BCUT2D eigenvalue weighted by atomic mass is 16.5. The summed E-state index contributed by atoms with van der Waals surface area (Å²) in [5, 5.41) is 0. The first-order valence-electron chi connectivity index (χ1n) is 12.3. The molecule has 4 N–H and O–H groups in total. The average Bonchev–Trinajstić information content (AvgIpc) is 2.70. The summed E-state index contributed by atoms with van der Waals surface area (Å²) < 4.78 is 12.6. The normalized spacial score (nSPS) is 12.2. The van der Waals surface area contributed by atoms with E-state index in [0.29, 0.717) is 26.3 Å². The Kier molecular flexibility index (Phi) is 9.39. The largest absolute Gasteiger partial charge is 0.493 e.